The molecule has 6 nitrogen and oxygen atoms in total. The summed E-state index contributed by atoms with van der Waals surface area (Å²) in [4.78, 5) is 23.4. The van der Waals surface area contributed by atoms with Crippen molar-refractivity contribution in [2.75, 3.05) is 20.3 Å². The van der Waals surface area contributed by atoms with E-state index in [0.717, 1.165) is 5.56 Å². The summed E-state index contributed by atoms with van der Waals surface area (Å²) in [7, 11) is 1.50. The highest BCUT2D eigenvalue weighted by atomic mass is 16.7. The molecule has 0 atom stereocenters. The van der Waals surface area contributed by atoms with E-state index in [1.807, 2.05) is 30.3 Å². The molecule has 0 unspecified atom stereocenters. The molecule has 0 bridgehead atoms. The van der Waals surface area contributed by atoms with E-state index < -0.39 is 6.16 Å². The third-order valence-corrected chi connectivity index (χ3v) is 3.21. The van der Waals surface area contributed by atoms with Gasteiger partial charge in [-0.1, -0.05) is 36.4 Å². The summed E-state index contributed by atoms with van der Waals surface area (Å²) in [5.41, 5.74) is 1.07. The van der Waals surface area contributed by atoms with Gasteiger partial charge in [0.15, 0.2) is 0 Å². The molecule has 0 spiro atoms. The van der Waals surface area contributed by atoms with Gasteiger partial charge in [0.25, 0.3) is 0 Å². The maximum Gasteiger partial charge on any atom is 0.513 e. The van der Waals surface area contributed by atoms with E-state index in [9.17, 15) is 9.59 Å². The van der Waals surface area contributed by atoms with Gasteiger partial charge in [-0.15, -0.1) is 0 Å². The molecule has 0 heterocycles. The summed E-state index contributed by atoms with van der Waals surface area (Å²) in [6, 6.07) is 15.9. The highest BCUT2D eigenvalue weighted by Gasteiger charge is 2.09. The monoisotopic (exact) mass is 344 g/mol. The van der Waals surface area contributed by atoms with Crippen molar-refractivity contribution >= 4 is 12.1 Å². The van der Waals surface area contributed by atoms with Crippen molar-refractivity contribution in [1.29, 1.82) is 0 Å². The Labute approximate surface area is 146 Å². The topological polar surface area (TPSA) is 71.1 Å². The first-order valence-corrected chi connectivity index (χ1v) is 7.85. The Balaban J connectivity index is 1.81. The van der Waals surface area contributed by atoms with Gasteiger partial charge >= 0.3 is 12.1 Å². The highest BCUT2D eigenvalue weighted by Crippen LogP contribution is 2.20. The Bertz CT molecular complexity index is 683. The average Bonchev–Trinajstić information content (AvgIpc) is 2.61. The van der Waals surface area contributed by atoms with E-state index in [2.05, 4.69) is 0 Å². The minimum Gasteiger partial charge on any atom is -0.432 e. The van der Waals surface area contributed by atoms with Gasteiger partial charge in [0.05, 0.1) is 6.61 Å². The molecule has 0 aromatic heterocycles. The van der Waals surface area contributed by atoms with Crippen molar-refractivity contribution in [3.63, 3.8) is 0 Å². The number of carbonyl (C=O) groups excluding carboxylic acids is 2. The van der Waals surface area contributed by atoms with Crippen LogP contribution in [-0.4, -0.2) is 32.4 Å². The van der Waals surface area contributed by atoms with Crippen molar-refractivity contribution in [2.24, 2.45) is 0 Å². The van der Waals surface area contributed by atoms with Gasteiger partial charge in [-0.2, -0.15) is 0 Å². The lowest BCUT2D eigenvalue weighted by Gasteiger charge is -2.08. The zero-order chi connectivity index (χ0) is 17.9. The molecule has 0 aliphatic carbocycles. The van der Waals surface area contributed by atoms with Gasteiger partial charge < -0.3 is 18.9 Å². The second-order valence-corrected chi connectivity index (χ2v) is 5.13. The van der Waals surface area contributed by atoms with Crippen molar-refractivity contribution in [3.05, 3.63) is 60.2 Å². The molecule has 0 aliphatic heterocycles. The molecule has 0 amide bonds. The first-order chi connectivity index (χ1) is 12.2. The van der Waals surface area contributed by atoms with Crippen molar-refractivity contribution in [1.82, 2.24) is 0 Å². The fraction of sp³-hybridized carbons (Fsp3) is 0.263. The van der Waals surface area contributed by atoms with E-state index in [4.69, 9.17) is 18.9 Å². The number of esters is 1. The zero-order valence-electron chi connectivity index (χ0n) is 14.0. The number of benzene rings is 2. The molecule has 2 aromatic carbocycles. The van der Waals surface area contributed by atoms with Crippen LogP contribution >= 0.6 is 0 Å². The minimum atomic E-state index is -0.843. The summed E-state index contributed by atoms with van der Waals surface area (Å²) in [6.45, 7) is 0.387. The van der Waals surface area contributed by atoms with Crippen LogP contribution in [-0.2, 0) is 20.7 Å². The van der Waals surface area contributed by atoms with E-state index in [1.165, 1.54) is 13.2 Å². The Hall–Kier alpha value is -2.86. The molecule has 2 rings (SSSR count). The van der Waals surface area contributed by atoms with Gasteiger partial charge in [0.1, 0.15) is 18.1 Å². The fourth-order valence-electron chi connectivity index (χ4n) is 2.01. The molecule has 0 aliphatic rings. The van der Waals surface area contributed by atoms with Crippen molar-refractivity contribution in [2.45, 2.75) is 12.8 Å². The SMILES string of the molecule is COCCOC(=O)Oc1cccc(OC(=O)CCc2ccccc2)c1. The fourth-order valence-corrected chi connectivity index (χ4v) is 2.01. The summed E-state index contributed by atoms with van der Waals surface area (Å²) in [5, 5.41) is 0. The molecule has 0 radical (unpaired) electrons. The third kappa shape index (κ3) is 7.05. The second kappa shape index (κ2) is 10.1. The lowest BCUT2D eigenvalue weighted by Crippen LogP contribution is -2.14. The largest absolute Gasteiger partial charge is 0.513 e. The molecule has 2 aromatic rings. The number of aryl methyl sites for hydroxylation is 1. The van der Waals surface area contributed by atoms with Crippen LogP contribution in [0.4, 0.5) is 4.79 Å². The van der Waals surface area contributed by atoms with E-state index >= 15 is 0 Å². The summed E-state index contributed by atoms with van der Waals surface area (Å²) in [6.07, 6.45) is 0.0140. The Morgan fingerprint density at radius 2 is 1.60 bits per heavy atom. The Kier molecular flexibility index (Phi) is 7.46. The lowest BCUT2D eigenvalue weighted by atomic mass is 10.1. The highest BCUT2D eigenvalue weighted by molar-refractivity contribution is 5.73. The first-order valence-electron chi connectivity index (χ1n) is 7.85. The summed E-state index contributed by atoms with van der Waals surface area (Å²) in [5.74, 6) is 0.180. The van der Waals surface area contributed by atoms with E-state index in [-0.39, 0.29) is 31.4 Å². The number of carbonyl (C=O) groups is 2. The van der Waals surface area contributed by atoms with Gasteiger partial charge in [-0.05, 0) is 24.1 Å². The molecular weight excluding hydrogens is 324 g/mol. The van der Waals surface area contributed by atoms with Crippen LogP contribution in [0.2, 0.25) is 0 Å². The van der Waals surface area contributed by atoms with Crippen LogP contribution in [0.1, 0.15) is 12.0 Å². The Morgan fingerprint density at radius 1 is 0.880 bits per heavy atom. The number of hydrogen-bond acceptors (Lipinski definition) is 6. The zero-order valence-corrected chi connectivity index (χ0v) is 14.0. The van der Waals surface area contributed by atoms with Gasteiger partial charge in [-0.25, -0.2) is 4.79 Å². The molecule has 0 saturated heterocycles. The second-order valence-electron chi connectivity index (χ2n) is 5.13. The van der Waals surface area contributed by atoms with Crippen LogP contribution in [0.3, 0.4) is 0 Å². The van der Waals surface area contributed by atoms with Gasteiger partial charge in [0, 0.05) is 19.6 Å². The Morgan fingerprint density at radius 3 is 2.32 bits per heavy atom. The van der Waals surface area contributed by atoms with E-state index in [1.54, 1.807) is 18.2 Å². The maximum absolute atomic E-state index is 11.9. The average molecular weight is 344 g/mol. The van der Waals surface area contributed by atoms with Gasteiger partial charge in [-0.3, -0.25) is 4.79 Å². The van der Waals surface area contributed by atoms with Crippen molar-refractivity contribution in [3.8, 4) is 11.5 Å². The van der Waals surface area contributed by atoms with Crippen LogP contribution < -0.4 is 9.47 Å². The number of rotatable bonds is 8. The lowest BCUT2D eigenvalue weighted by molar-refractivity contribution is -0.134. The van der Waals surface area contributed by atoms with Crippen LogP contribution in [0.15, 0.2) is 54.6 Å². The molecule has 0 saturated carbocycles. The van der Waals surface area contributed by atoms with Crippen LogP contribution in [0.5, 0.6) is 11.5 Å². The molecule has 0 fully saturated rings. The smallest absolute Gasteiger partial charge is 0.432 e. The number of ether oxygens (including phenoxy) is 4. The normalized spacial score (nSPS) is 10.1. The quantitative estimate of drug-likeness (QED) is 0.316. The first kappa shape index (κ1) is 18.5. The summed E-state index contributed by atoms with van der Waals surface area (Å²) < 4.78 is 19.8. The molecular formula is C19H20O6. The molecule has 0 N–H and O–H groups in total. The third-order valence-electron chi connectivity index (χ3n) is 3.21. The standard InChI is InChI=1S/C19H20O6/c1-22-12-13-23-19(21)25-17-9-5-8-16(14-17)24-18(20)11-10-15-6-3-2-4-7-15/h2-9,14H,10-13H2,1H3. The number of hydrogen-bond donors (Lipinski definition) is 0. The van der Waals surface area contributed by atoms with Gasteiger partial charge in [0.2, 0.25) is 0 Å². The molecule has 6 heteroatoms. The van der Waals surface area contributed by atoms with Crippen molar-refractivity contribution < 1.29 is 28.5 Å². The molecule has 25 heavy (non-hydrogen) atoms. The predicted octanol–water partition coefficient (Wildman–Crippen LogP) is 3.39. The van der Waals surface area contributed by atoms with Crippen LogP contribution in [0, 0.1) is 0 Å². The summed E-state index contributed by atoms with van der Waals surface area (Å²) >= 11 is 0. The number of methoxy groups -OCH3 is 1. The maximum atomic E-state index is 11.9. The van der Waals surface area contributed by atoms with E-state index in [0.29, 0.717) is 12.2 Å². The predicted molar refractivity (Wildman–Crippen MR) is 90.7 cm³/mol. The molecule has 132 valence electrons. The minimum absolute atomic E-state index is 0.101. The van der Waals surface area contributed by atoms with Crippen LogP contribution in [0.25, 0.3) is 0 Å².